The van der Waals surface area contributed by atoms with Gasteiger partial charge in [-0.2, -0.15) is 0 Å². The molecule has 0 aromatic heterocycles. The molecule has 0 saturated heterocycles. The molecule has 0 saturated carbocycles. The molecule has 0 heterocycles. The third-order valence-electron chi connectivity index (χ3n) is 9.97. The highest BCUT2D eigenvalue weighted by molar-refractivity contribution is 5.83. The summed E-state index contributed by atoms with van der Waals surface area (Å²) in [7, 11) is 0. The largest absolute Gasteiger partial charge is 0.480 e. The number of hydrogen-bond donors (Lipinski definition) is 3. The zero-order valence-corrected chi connectivity index (χ0v) is 34.2. The van der Waals surface area contributed by atoms with Crippen molar-refractivity contribution in [3.63, 3.8) is 0 Å². The molecule has 0 aromatic carbocycles. The van der Waals surface area contributed by atoms with Gasteiger partial charge in [-0.1, -0.05) is 154 Å². The summed E-state index contributed by atoms with van der Waals surface area (Å²) in [6, 6.07) is -0.869. The van der Waals surface area contributed by atoms with Gasteiger partial charge in [0.1, 0.15) is 12.1 Å². The van der Waals surface area contributed by atoms with Gasteiger partial charge in [-0.15, -0.1) is 0 Å². The van der Waals surface area contributed by atoms with Crippen LogP contribution in [0.2, 0.25) is 0 Å². The van der Waals surface area contributed by atoms with Crippen LogP contribution in [0.5, 0.6) is 0 Å². The van der Waals surface area contributed by atoms with Gasteiger partial charge in [0.15, 0.2) is 0 Å². The topological polar surface area (TPSA) is 119 Å². The Labute approximate surface area is 321 Å². The standard InChI is InChI=1S/C45H84N2O5/c1-3-5-7-9-11-12-13-14-15-16-17-18-19-20-21-22-23-24-25-27-33-39-44(49)52-41(35-30-26-10-8-6-4-2)36-31-28-29-32-38-43(48)47-42(45(50)51)37-34-40-46/h16-17,30,35,41-42H,3-15,18-29,31-34,36-40,46H2,1-2H3,(H,47,48)(H,50,51)/b17-16-,35-30-. The number of ether oxygens (including phenoxy) is 1. The number of amides is 1. The van der Waals surface area contributed by atoms with Gasteiger partial charge in [-0.3, -0.25) is 9.59 Å². The number of carboxylic acid groups (broad SMARTS) is 1. The van der Waals surface area contributed by atoms with E-state index in [-0.39, 0.29) is 18.0 Å². The quantitative estimate of drug-likeness (QED) is 0.0328. The number of hydrogen-bond acceptors (Lipinski definition) is 5. The molecular weight excluding hydrogens is 649 g/mol. The molecule has 304 valence electrons. The molecule has 0 rings (SSSR count). The van der Waals surface area contributed by atoms with Gasteiger partial charge in [0, 0.05) is 12.8 Å². The molecule has 0 aliphatic heterocycles. The van der Waals surface area contributed by atoms with E-state index >= 15 is 0 Å². The minimum absolute atomic E-state index is 0.0909. The van der Waals surface area contributed by atoms with Crippen molar-refractivity contribution in [2.45, 2.75) is 238 Å². The van der Waals surface area contributed by atoms with E-state index in [0.29, 0.717) is 38.6 Å². The zero-order chi connectivity index (χ0) is 38.2. The van der Waals surface area contributed by atoms with Gasteiger partial charge in [-0.05, 0) is 89.7 Å². The second-order valence-corrected chi connectivity index (χ2v) is 15.1. The number of nitrogens with one attached hydrogen (secondary N) is 1. The molecule has 7 heteroatoms. The van der Waals surface area contributed by atoms with Crippen LogP contribution >= 0.6 is 0 Å². The van der Waals surface area contributed by atoms with Crippen molar-refractivity contribution < 1.29 is 24.2 Å². The fraction of sp³-hybridized carbons (Fsp3) is 0.844. The van der Waals surface area contributed by atoms with Crippen molar-refractivity contribution in [1.82, 2.24) is 5.32 Å². The fourth-order valence-corrected chi connectivity index (χ4v) is 6.59. The number of esters is 1. The van der Waals surface area contributed by atoms with E-state index in [1.54, 1.807) is 0 Å². The molecule has 0 radical (unpaired) electrons. The van der Waals surface area contributed by atoms with E-state index in [1.165, 1.54) is 135 Å². The Morgan fingerprint density at radius 3 is 1.52 bits per heavy atom. The van der Waals surface area contributed by atoms with Crippen LogP contribution < -0.4 is 11.1 Å². The lowest BCUT2D eigenvalue weighted by Gasteiger charge is -2.15. The lowest BCUT2D eigenvalue weighted by Crippen LogP contribution is -2.40. The first-order chi connectivity index (χ1) is 25.4. The summed E-state index contributed by atoms with van der Waals surface area (Å²) in [5.41, 5.74) is 5.48. The Balaban J connectivity index is 4.04. The van der Waals surface area contributed by atoms with Crippen LogP contribution in [0.25, 0.3) is 0 Å². The van der Waals surface area contributed by atoms with Crippen LogP contribution in [0.4, 0.5) is 0 Å². The number of aliphatic carboxylic acids is 1. The second-order valence-electron chi connectivity index (χ2n) is 15.1. The smallest absolute Gasteiger partial charge is 0.326 e. The molecule has 0 fully saturated rings. The van der Waals surface area contributed by atoms with Gasteiger partial charge in [-0.25, -0.2) is 4.79 Å². The van der Waals surface area contributed by atoms with Crippen LogP contribution in [0.15, 0.2) is 24.3 Å². The van der Waals surface area contributed by atoms with E-state index in [2.05, 4.69) is 43.5 Å². The minimum atomic E-state index is -1.01. The minimum Gasteiger partial charge on any atom is -0.480 e. The molecule has 2 atom stereocenters. The van der Waals surface area contributed by atoms with E-state index in [9.17, 15) is 19.5 Å². The Morgan fingerprint density at radius 2 is 1.00 bits per heavy atom. The van der Waals surface area contributed by atoms with Crippen molar-refractivity contribution >= 4 is 17.8 Å². The molecule has 52 heavy (non-hydrogen) atoms. The van der Waals surface area contributed by atoms with Gasteiger partial charge < -0.3 is 20.9 Å². The highest BCUT2D eigenvalue weighted by atomic mass is 16.5. The van der Waals surface area contributed by atoms with Crippen LogP contribution in [-0.4, -0.2) is 41.6 Å². The first kappa shape index (κ1) is 49.9. The predicted octanol–water partition coefficient (Wildman–Crippen LogP) is 12.5. The number of carboxylic acids is 1. The van der Waals surface area contributed by atoms with Crippen molar-refractivity contribution in [3.05, 3.63) is 24.3 Å². The maximum Gasteiger partial charge on any atom is 0.326 e. The Morgan fingerprint density at radius 1 is 0.558 bits per heavy atom. The van der Waals surface area contributed by atoms with Crippen molar-refractivity contribution in [2.75, 3.05) is 6.54 Å². The first-order valence-electron chi connectivity index (χ1n) is 22.2. The van der Waals surface area contributed by atoms with Gasteiger partial charge in [0.2, 0.25) is 5.91 Å². The summed E-state index contributed by atoms with van der Waals surface area (Å²) >= 11 is 0. The summed E-state index contributed by atoms with van der Waals surface area (Å²) in [5.74, 6) is -1.33. The Hall–Kier alpha value is -2.15. The molecule has 7 nitrogen and oxygen atoms in total. The summed E-state index contributed by atoms with van der Waals surface area (Å²) in [6.45, 7) is 4.90. The lowest BCUT2D eigenvalue weighted by atomic mass is 10.0. The maximum atomic E-state index is 12.7. The summed E-state index contributed by atoms with van der Waals surface area (Å²) < 4.78 is 5.91. The molecule has 0 bridgehead atoms. The van der Waals surface area contributed by atoms with Crippen molar-refractivity contribution in [3.8, 4) is 0 Å². The second kappa shape index (κ2) is 40.0. The normalized spacial score (nSPS) is 12.8. The number of carbonyl (C=O) groups is 3. The van der Waals surface area contributed by atoms with Crippen LogP contribution in [0.3, 0.4) is 0 Å². The van der Waals surface area contributed by atoms with Crippen LogP contribution in [0.1, 0.15) is 226 Å². The molecule has 1 amide bonds. The van der Waals surface area contributed by atoms with Gasteiger partial charge in [0.25, 0.3) is 0 Å². The highest BCUT2D eigenvalue weighted by Crippen LogP contribution is 2.16. The third kappa shape index (κ3) is 36.2. The maximum absolute atomic E-state index is 12.7. The average Bonchev–Trinajstić information content (AvgIpc) is 3.13. The number of carbonyl (C=O) groups excluding carboxylic acids is 2. The molecule has 0 aliphatic carbocycles. The molecule has 0 spiro atoms. The fourth-order valence-electron chi connectivity index (χ4n) is 6.59. The zero-order valence-electron chi connectivity index (χ0n) is 34.2. The van der Waals surface area contributed by atoms with Crippen LogP contribution in [0, 0.1) is 0 Å². The van der Waals surface area contributed by atoms with E-state index in [0.717, 1.165) is 44.9 Å². The monoisotopic (exact) mass is 733 g/mol. The molecule has 4 N–H and O–H groups in total. The Kier molecular flexibility index (Phi) is 38.4. The Bertz CT molecular complexity index is 874. The number of allylic oxidation sites excluding steroid dienone is 3. The predicted molar refractivity (Wildman–Crippen MR) is 220 cm³/mol. The molecule has 0 aromatic rings. The summed E-state index contributed by atoms with van der Waals surface area (Å²) in [6.07, 6.45) is 45.4. The van der Waals surface area contributed by atoms with E-state index in [1.807, 2.05) is 0 Å². The van der Waals surface area contributed by atoms with E-state index < -0.39 is 12.0 Å². The van der Waals surface area contributed by atoms with Crippen LogP contribution in [-0.2, 0) is 19.1 Å². The van der Waals surface area contributed by atoms with Crippen molar-refractivity contribution in [1.29, 1.82) is 0 Å². The van der Waals surface area contributed by atoms with E-state index in [4.69, 9.17) is 10.5 Å². The third-order valence-corrected chi connectivity index (χ3v) is 9.97. The molecular formula is C45H84N2O5. The van der Waals surface area contributed by atoms with Gasteiger partial charge >= 0.3 is 11.9 Å². The SMILES string of the molecule is CCCCCC/C=C\C(CCCCCCC(=O)NC(CCCN)C(=O)O)OC(=O)CCCCCCCCCCC/C=C\CCCCCCCCCC. The average molecular weight is 733 g/mol. The number of nitrogens with two attached hydrogens (primary N) is 1. The highest BCUT2D eigenvalue weighted by Gasteiger charge is 2.19. The first-order valence-corrected chi connectivity index (χ1v) is 22.2. The summed E-state index contributed by atoms with van der Waals surface area (Å²) in [4.78, 5) is 36.2. The lowest BCUT2D eigenvalue weighted by molar-refractivity contribution is -0.147. The molecule has 0 aliphatic rings. The number of rotatable bonds is 40. The van der Waals surface area contributed by atoms with Gasteiger partial charge in [0.05, 0.1) is 0 Å². The molecule has 2 unspecified atom stereocenters. The number of unbranched alkanes of at least 4 members (excludes halogenated alkanes) is 24. The van der Waals surface area contributed by atoms with Crippen molar-refractivity contribution in [2.24, 2.45) is 5.73 Å². The summed E-state index contributed by atoms with van der Waals surface area (Å²) in [5, 5.41) is 11.9.